The van der Waals surface area contributed by atoms with Crippen LogP contribution in [-0.2, 0) is 6.54 Å². The Bertz CT molecular complexity index is 546. The normalized spacial score (nSPS) is 28.0. The quantitative estimate of drug-likeness (QED) is 0.793. The Morgan fingerprint density at radius 2 is 1.86 bits per heavy atom. The van der Waals surface area contributed by atoms with Crippen molar-refractivity contribution in [3.8, 4) is 11.5 Å². The molecule has 21 heavy (non-hydrogen) atoms. The van der Waals surface area contributed by atoms with Gasteiger partial charge in [0.15, 0.2) is 11.5 Å². The molecule has 0 spiro atoms. The fourth-order valence-electron chi connectivity index (χ4n) is 4.03. The van der Waals surface area contributed by atoms with Crippen LogP contribution in [0, 0.1) is 0 Å². The van der Waals surface area contributed by atoms with Gasteiger partial charge in [-0.3, -0.25) is 9.80 Å². The predicted octanol–water partition coefficient (Wildman–Crippen LogP) is 2.25. The highest BCUT2D eigenvalue weighted by molar-refractivity contribution is 5.44. The van der Waals surface area contributed by atoms with Crippen LogP contribution in [0.25, 0.3) is 0 Å². The van der Waals surface area contributed by atoms with Crippen LogP contribution in [-0.4, -0.2) is 48.3 Å². The van der Waals surface area contributed by atoms with Gasteiger partial charge in [0.25, 0.3) is 0 Å². The fraction of sp³-hybridized carbons (Fsp3) is 0.529. The van der Waals surface area contributed by atoms with Crippen molar-refractivity contribution in [2.24, 2.45) is 0 Å². The van der Waals surface area contributed by atoms with Crippen molar-refractivity contribution in [3.63, 3.8) is 0 Å². The van der Waals surface area contributed by atoms with E-state index in [-0.39, 0.29) is 0 Å². The molecule has 1 aromatic carbocycles. The van der Waals surface area contributed by atoms with Gasteiger partial charge in [0.05, 0.1) is 0 Å². The monoisotopic (exact) mass is 286 g/mol. The summed E-state index contributed by atoms with van der Waals surface area (Å²) in [4.78, 5) is 5.21. The maximum atomic E-state index is 5.48. The average molecular weight is 286 g/mol. The minimum atomic E-state index is 0.351. The minimum absolute atomic E-state index is 0.351. The van der Waals surface area contributed by atoms with Crippen LogP contribution in [0.5, 0.6) is 11.5 Å². The van der Waals surface area contributed by atoms with Crippen LogP contribution in [0.2, 0.25) is 0 Å². The van der Waals surface area contributed by atoms with E-state index in [1.807, 2.05) is 12.1 Å². The molecule has 4 rings (SSSR count). The van der Waals surface area contributed by atoms with Crippen molar-refractivity contribution >= 4 is 0 Å². The molecular weight excluding hydrogens is 264 g/mol. The van der Waals surface area contributed by atoms with Crippen LogP contribution in [0.4, 0.5) is 0 Å². The number of hydrogen-bond donors (Lipinski definition) is 0. The van der Waals surface area contributed by atoms with E-state index in [1.54, 1.807) is 0 Å². The maximum Gasteiger partial charge on any atom is 0.231 e. The first-order chi connectivity index (χ1) is 10.3. The molecule has 0 amide bonds. The van der Waals surface area contributed by atoms with Gasteiger partial charge < -0.3 is 9.47 Å². The largest absolute Gasteiger partial charge is 0.454 e. The Morgan fingerprint density at radius 3 is 2.71 bits per heavy atom. The van der Waals surface area contributed by atoms with E-state index < -0.39 is 0 Å². The lowest BCUT2D eigenvalue weighted by Gasteiger charge is -2.25. The van der Waals surface area contributed by atoms with Gasteiger partial charge in [-0.15, -0.1) is 6.58 Å². The predicted molar refractivity (Wildman–Crippen MR) is 81.6 cm³/mol. The molecule has 0 bridgehead atoms. The Balaban J connectivity index is 1.45. The lowest BCUT2D eigenvalue weighted by atomic mass is 10.1. The van der Waals surface area contributed by atoms with Crippen LogP contribution < -0.4 is 9.47 Å². The van der Waals surface area contributed by atoms with Gasteiger partial charge in [-0.2, -0.15) is 0 Å². The zero-order valence-electron chi connectivity index (χ0n) is 12.3. The summed E-state index contributed by atoms with van der Waals surface area (Å²) in [6, 6.07) is 7.75. The second-order valence-electron chi connectivity index (χ2n) is 6.15. The van der Waals surface area contributed by atoms with E-state index in [0.717, 1.165) is 30.6 Å². The van der Waals surface area contributed by atoms with Gasteiger partial charge in [0, 0.05) is 38.3 Å². The molecule has 0 N–H and O–H groups in total. The Morgan fingerprint density at radius 1 is 1.10 bits per heavy atom. The van der Waals surface area contributed by atoms with Crippen LogP contribution in [0.1, 0.15) is 18.4 Å². The summed E-state index contributed by atoms with van der Waals surface area (Å²) in [5, 5.41) is 0. The maximum absolute atomic E-state index is 5.48. The minimum Gasteiger partial charge on any atom is -0.454 e. The van der Waals surface area contributed by atoms with Crippen LogP contribution >= 0.6 is 0 Å². The third-order valence-electron chi connectivity index (χ3n) is 4.99. The highest BCUT2D eigenvalue weighted by Crippen LogP contribution is 2.35. The summed E-state index contributed by atoms with van der Waals surface area (Å²) < 4.78 is 10.9. The standard InChI is InChI=1S/C17H22N2O2/c1-2-7-18-8-5-15-14(18)6-9-19(15)11-13-3-4-16-17(10-13)21-12-20-16/h2-4,10,14-15H,1,5-9,11-12H2/t14-,15+/m0/s1. The number of benzene rings is 1. The van der Waals surface area contributed by atoms with Gasteiger partial charge >= 0.3 is 0 Å². The second-order valence-corrected chi connectivity index (χ2v) is 6.15. The van der Waals surface area contributed by atoms with Gasteiger partial charge in [0.1, 0.15) is 0 Å². The molecule has 112 valence electrons. The second kappa shape index (κ2) is 5.35. The Labute approximate surface area is 125 Å². The van der Waals surface area contributed by atoms with Gasteiger partial charge in [-0.1, -0.05) is 12.1 Å². The molecule has 3 heterocycles. The summed E-state index contributed by atoms with van der Waals surface area (Å²) in [7, 11) is 0. The number of fused-ring (bicyclic) bond motifs is 2. The van der Waals surface area contributed by atoms with Crippen molar-refractivity contribution in [3.05, 3.63) is 36.4 Å². The van der Waals surface area contributed by atoms with E-state index >= 15 is 0 Å². The molecular formula is C17H22N2O2. The number of hydrogen-bond acceptors (Lipinski definition) is 4. The molecule has 2 atom stereocenters. The third-order valence-corrected chi connectivity index (χ3v) is 4.99. The lowest BCUT2D eigenvalue weighted by molar-refractivity contribution is 0.174. The van der Waals surface area contributed by atoms with Crippen molar-refractivity contribution in [1.29, 1.82) is 0 Å². The highest BCUT2D eigenvalue weighted by atomic mass is 16.7. The van der Waals surface area contributed by atoms with Crippen molar-refractivity contribution in [1.82, 2.24) is 9.80 Å². The van der Waals surface area contributed by atoms with E-state index in [4.69, 9.17) is 9.47 Å². The number of likely N-dealkylation sites (tertiary alicyclic amines) is 2. The van der Waals surface area contributed by atoms with Gasteiger partial charge in [-0.25, -0.2) is 0 Å². The summed E-state index contributed by atoms with van der Waals surface area (Å²) >= 11 is 0. The summed E-state index contributed by atoms with van der Waals surface area (Å²) in [6.07, 6.45) is 4.59. The molecule has 2 fully saturated rings. The Kier molecular flexibility index (Phi) is 3.36. The van der Waals surface area contributed by atoms with Gasteiger partial charge in [0.2, 0.25) is 6.79 Å². The molecule has 4 heteroatoms. The zero-order chi connectivity index (χ0) is 14.2. The molecule has 3 aliphatic heterocycles. The lowest BCUT2D eigenvalue weighted by Crippen LogP contribution is -2.36. The number of rotatable bonds is 4. The van der Waals surface area contributed by atoms with Crippen molar-refractivity contribution < 1.29 is 9.47 Å². The van der Waals surface area contributed by atoms with Gasteiger partial charge in [-0.05, 0) is 30.5 Å². The van der Waals surface area contributed by atoms with Crippen LogP contribution in [0.3, 0.4) is 0 Å². The highest BCUT2D eigenvalue weighted by Gasteiger charge is 2.41. The summed E-state index contributed by atoms with van der Waals surface area (Å²) in [5.74, 6) is 1.76. The topological polar surface area (TPSA) is 24.9 Å². The van der Waals surface area contributed by atoms with E-state index in [1.165, 1.54) is 31.5 Å². The smallest absolute Gasteiger partial charge is 0.231 e. The zero-order valence-corrected chi connectivity index (χ0v) is 12.3. The summed E-state index contributed by atoms with van der Waals surface area (Å²) in [5.41, 5.74) is 1.32. The number of nitrogens with zero attached hydrogens (tertiary/aromatic N) is 2. The molecule has 4 nitrogen and oxygen atoms in total. The first-order valence-electron chi connectivity index (χ1n) is 7.82. The molecule has 0 radical (unpaired) electrons. The molecule has 0 unspecified atom stereocenters. The number of ether oxygens (including phenoxy) is 2. The average Bonchev–Trinajstić information content (AvgIpc) is 3.18. The SMILES string of the molecule is C=CCN1CC[C@@H]2[C@@H]1CCN2Cc1ccc2c(c1)OCO2. The summed E-state index contributed by atoms with van der Waals surface area (Å²) in [6.45, 7) is 8.67. The fourth-order valence-corrected chi connectivity index (χ4v) is 4.03. The molecule has 0 saturated carbocycles. The van der Waals surface area contributed by atoms with Crippen LogP contribution in [0.15, 0.2) is 30.9 Å². The molecule has 1 aromatic rings. The molecule has 0 aliphatic carbocycles. The molecule has 2 saturated heterocycles. The third kappa shape index (κ3) is 2.32. The first-order valence-corrected chi connectivity index (χ1v) is 7.82. The molecule has 0 aromatic heterocycles. The van der Waals surface area contributed by atoms with Crippen molar-refractivity contribution in [2.45, 2.75) is 31.5 Å². The molecule has 3 aliphatic rings. The van der Waals surface area contributed by atoms with Crippen molar-refractivity contribution in [2.75, 3.05) is 26.4 Å². The Hall–Kier alpha value is -1.52. The van der Waals surface area contributed by atoms with E-state index in [9.17, 15) is 0 Å². The van der Waals surface area contributed by atoms with E-state index in [2.05, 4.69) is 28.5 Å². The van der Waals surface area contributed by atoms with E-state index in [0.29, 0.717) is 12.8 Å². The first kappa shape index (κ1) is 13.2.